The summed E-state index contributed by atoms with van der Waals surface area (Å²) in [5.41, 5.74) is 1.12. The Morgan fingerprint density at radius 2 is 1.88 bits per heavy atom. The summed E-state index contributed by atoms with van der Waals surface area (Å²) < 4.78 is 6.01. The van der Waals surface area contributed by atoms with Crippen LogP contribution in [0.2, 0.25) is 0 Å². The minimum Gasteiger partial charge on any atom is -0.369 e. The first-order chi connectivity index (χ1) is 12.0. The highest BCUT2D eigenvalue weighted by Gasteiger charge is 2.36. The average molecular weight is 346 g/mol. The molecule has 0 bridgehead atoms. The highest BCUT2D eigenvalue weighted by Crippen LogP contribution is 2.31. The predicted octanol–water partition coefficient (Wildman–Crippen LogP) is 3.06. The van der Waals surface area contributed by atoms with Crippen LogP contribution in [0, 0.1) is 0 Å². The molecule has 0 aromatic heterocycles. The van der Waals surface area contributed by atoms with E-state index in [-0.39, 0.29) is 30.0 Å². The number of hydrogen-bond acceptors (Lipinski definition) is 3. The van der Waals surface area contributed by atoms with Crippen molar-refractivity contribution in [3.63, 3.8) is 0 Å². The van der Waals surface area contributed by atoms with Crippen molar-refractivity contribution in [2.75, 3.05) is 13.2 Å². The molecular formula is C20H30N2O3. The number of morpholine rings is 1. The van der Waals surface area contributed by atoms with Crippen LogP contribution >= 0.6 is 0 Å². The van der Waals surface area contributed by atoms with Gasteiger partial charge in [0.05, 0.1) is 18.7 Å². The van der Waals surface area contributed by atoms with Gasteiger partial charge in [-0.05, 0) is 32.3 Å². The molecule has 5 nitrogen and oxygen atoms in total. The second-order valence-electron chi connectivity index (χ2n) is 6.85. The predicted molar refractivity (Wildman–Crippen MR) is 98.1 cm³/mol. The van der Waals surface area contributed by atoms with Crippen molar-refractivity contribution in [3.8, 4) is 0 Å². The van der Waals surface area contributed by atoms with Gasteiger partial charge < -0.3 is 15.0 Å². The van der Waals surface area contributed by atoms with Gasteiger partial charge in [-0.15, -0.1) is 0 Å². The van der Waals surface area contributed by atoms with Crippen LogP contribution in [-0.2, 0) is 14.3 Å². The molecule has 1 aromatic rings. The average Bonchev–Trinajstić information content (AvgIpc) is 2.58. The van der Waals surface area contributed by atoms with Crippen molar-refractivity contribution >= 4 is 11.8 Å². The number of amides is 2. The summed E-state index contributed by atoms with van der Waals surface area (Å²) in [7, 11) is 0. The summed E-state index contributed by atoms with van der Waals surface area (Å²) in [5, 5.41) is 2.78. The number of rotatable bonds is 7. The van der Waals surface area contributed by atoms with Crippen molar-refractivity contribution in [3.05, 3.63) is 35.9 Å². The molecule has 1 aliphatic heterocycles. The lowest BCUT2D eigenvalue weighted by Crippen LogP contribution is -2.53. The van der Waals surface area contributed by atoms with E-state index in [1.807, 2.05) is 30.0 Å². The molecule has 2 amide bonds. The zero-order valence-electron chi connectivity index (χ0n) is 15.5. The molecule has 0 radical (unpaired) electrons. The summed E-state index contributed by atoms with van der Waals surface area (Å²) in [4.78, 5) is 25.6. The van der Waals surface area contributed by atoms with Gasteiger partial charge in [-0.3, -0.25) is 9.59 Å². The first kappa shape index (κ1) is 19.4. The first-order valence-corrected chi connectivity index (χ1v) is 9.23. The number of nitrogens with one attached hydrogen (secondary N) is 1. The molecule has 0 aliphatic carbocycles. The van der Waals surface area contributed by atoms with Crippen molar-refractivity contribution in [2.45, 2.75) is 64.6 Å². The van der Waals surface area contributed by atoms with E-state index in [0.29, 0.717) is 19.6 Å². The van der Waals surface area contributed by atoms with Gasteiger partial charge >= 0.3 is 0 Å². The van der Waals surface area contributed by atoms with Crippen molar-refractivity contribution in [1.29, 1.82) is 0 Å². The molecule has 0 unspecified atom stereocenters. The molecule has 1 saturated heterocycles. The smallest absolute Gasteiger partial charge is 0.223 e. The molecule has 3 atom stereocenters. The van der Waals surface area contributed by atoms with E-state index in [0.717, 1.165) is 24.8 Å². The highest BCUT2D eigenvalue weighted by molar-refractivity contribution is 5.77. The number of unbranched alkanes of at least 4 members (excludes halogenated alkanes) is 2. The van der Waals surface area contributed by atoms with Gasteiger partial charge in [-0.2, -0.15) is 0 Å². The Kier molecular flexibility index (Phi) is 7.44. The Morgan fingerprint density at radius 1 is 1.16 bits per heavy atom. The molecule has 0 saturated carbocycles. The molecule has 0 spiro atoms. The monoisotopic (exact) mass is 346 g/mol. The third kappa shape index (κ3) is 5.56. The van der Waals surface area contributed by atoms with E-state index in [9.17, 15) is 9.59 Å². The quantitative estimate of drug-likeness (QED) is 0.772. The topological polar surface area (TPSA) is 58.6 Å². The Hall–Kier alpha value is -1.88. The zero-order valence-corrected chi connectivity index (χ0v) is 15.5. The van der Waals surface area contributed by atoms with E-state index in [1.165, 1.54) is 6.92 Å². The van der Waals surface area contributed by atoms with E-state index < -0.39 is 0 Å². The summed E-state index contributed by atoms with van der Waals surface area (Å²) >= 11 is 0. The van der Waals surface area contributed by atoms with E-state index >= 15 is 0 Å². The Bertz CT molecular complexity index is 561. The fraction of sp³-hybridized carbons (Fsp3) is 0.600. The Balaban J connectivity index is 1.85. The van der Waals surface area contributed by atoms with Crippen LogP contribution in [0.5, 0.6) is 0 Å². The third-order valence-electron chi connectivity index (χ3n) is 4.73. The molecule has 1 fully saturated rings. The fourth-order valence-electron chi connectivity index (χ4n) is 3.47. The molecule has 25 heavy (non-hydrogen) atoms. The first-order valence-electron chi connectivity index (χ1n) is 9.23. The largest absolute Gasteiger partial charge is 0.369 e. The lowest BCUT2D eigenvalue weighted by Gasteiger charge is -2.44. The maximum atomic E-state index is 12.7. The second kappa shape index (κ2) is 9.56. The van der Waals surface area contributed by atoms with E-state index in [1.54, 1.807) is 0 Å². The summed E-state index contributed by atoms with van der Waals surface area (Å²) in [5.74, 6) is 0.197. The SMILES string of the molecule is CC(=O)NCCCCCC(=O)N1[C@H](C)CO[C@H](c2ccccc2)[C@H]1C. The van der Waals surface area contributed by atoms with Gasteiger partial charge in [0.15, 0.2) is 0 Å². The zero-order chi connectivity index (χ0) is 18.2. The molecule has 1 heterocycles. The highest BCUT2D eigenvalue weighted by atomic mass is 16.5. The standard InChI is InChI=1S/C20H30N2O3/c1-15-14-25-20(18-10-6-4-7-11-18)16(2)22(15)19(24)12-8-5-9-13-21-17(3)23/h4,6-7,10-11,15-16,20H,5,8-9,12-14H2,1-3H3,(H,21,23)/t15-,16-,20+/m1/s1. The summed E-state index contributed by atoms with van der Waals surface area (Å²) in [6.07, 6.45) is 3.19. The fourth-order valence-corrected chi connectivity index (χ4v) is 3.47. The van der Waals surface area contributed by atoms with E-state index in [2.05, 4.69) is 24.4 Å². The molecule has 2 rings (SSSR count). The number of ether oxygens (including phenoxy) is 1. The maximum absolute atomic E-state index is 12.7. The van der Waals surface area contributed by atoms with Crippen LogP contribution in [0.4, 0.5) is 0 Å². The Labute approximate surface area is 150 Å². The summed E-state index contributed by atoms with van der Waals surface area (Å²) in [6.45, 7) is 6.89. The van der Waals surface area contributed by atoms with Crippen LogP contribution < -0.4 is 5.32 Å². The molecule has 1 aliphatic rings. The van der Waals surface area contributed by atoms with E-state index in [4.69, 9.17) is 4.74 Å². The summed E-state index contributed by atoms with van der Waals surface area (Å²) in [6, 6.07) is 10.2. The number of nitrogens with zero attached hydrogens (tertiary/aromatic N) is 1. The molecular weight excluding hydrogens is 316 g/mol. The van der Waals surface area contributed by atoms with Crippen LogP contribution in [0.25, 0.3) is 0 Å². The molecule has 138 valence electrons. The molecule has 1 aromatic carbocycles. The van der Waals surface area contributed by atoms with Crippen LogP contribution in [-0.4, -0.2) is 41.9 Å². The maximum Gasteiger partial charge on any atom is 0.223 e. The number of hydrogen-bond donors (Lipinski definition) is 1. The van der Waals surface area contributed by atoms with Gasteiger partial charge in [0.25, 0.3) is 0 Å². The van der Waals surface area contributed by atoms with Crippen LogP contribution in [0.15, 0.2) is 30.3 Å². The lowest BCUT2D eigenvalue weighted by atomic mass is 9.98. The minimum atomic E-state index is -0.0684. The van der Waals surface area contributed by atoms with Crippen molar-refractivity contribution in [2.24, 2.45) is 0 Å². The van der Waals surface area contributed by atoms with Gasteiger partial charge in [0.2, 0.25) is 11.8 Å². The minimum absolute atomic E-state index is 0.000929. The van der Waals surface area contributed by atoms with Crippen LogP contribution in [0.3, 0.4) is 0 Å². The third-order valence-corrected chi connectivity index (χ3v) is 4.73. The van der Waals surface area contributed by atoms with Crippen molar-refractivity contribution in [1.82, 2.24) is 10.2 Å². The van der Waals surface area contributed by atoms with Gasteiger partial charge in [0, 0.05) is 19.9 Å². The number of carbonyl (C=O) groups is 2. The lowest BCUT2D eigenvalue weighted by molar-refractivity contribution is -0.153. The second-order valence-corrected chi connectivity index (χ2v) is 6.85. The molecule has 5 heteroatoms. The van der Waals surface area contributed by atoms with Gasteiger partial charge in [-0.1, -0.05) is 36.8 Å². The molecule has 1 N–H and O–H groups in total. The Morgan fingerprint density at radius 3 is 2.56 bits per heavy atom. The number of carbonyl (C=O) groups excluding carboxylic acids is 2. The van der Waals surface area contributed by atoms with Crippen LogP contribution in [0.1, 0.15) is 58.1 Å². The van der Waals surface area contributed by atoms with Gasteiger partial charge in [0.1, 0.15) is 6.10 Å². The normalized spacial score (nSPS) is 23.3. The number of benzene rings is 1. The van der Waals surface area contributed by atoms with Crippen molar-refractivity contribution < 1.29 is 14.3 Å². The van der Waals surface area contributed by atoms with Gasteiger partial charge in [-0.25, -0.2) is 0 Å².